The summed E-state index contributed by atoms with van der Waals surface area (Å²) in [4.78, 5) is 2.46. The normalized spacial score (nSPS) is 12.8. The molecule has 0 aliphatic rings. The van der Waals surface area contributed by atoms with Crippen molar-refractivity contribution < 1.29 is 0 Å². The zero-order valence-corrected chi connectivity index (χ0v) is 12.5. The van der Waals surface area contributed by atoms with E-state index in [1.807, 2.05) is 0 Å². The molecule has 0 radical (unpaired) electrons. The number of nitrogens with zero attached hydrogens (tertiary/aromatic N) is 1. The molecule has 102 valence electrons. The standard InChI is InChI=1S/C16H28N2/c1-6-18(12-15(5)11-17-13(2)3)16-9-7-8-14(4)10-16/h7-10,13,15,17H,6,11-12H2,1-5H3. The average molecular weight is 248 g/mol. The van der Waals surface area contributed by atoms with Crippen molar-refractivity contribution in [1.29, 1.82) is 0 Å². The molecule has 18 heavy (non-hydrogen) atoms. The zero-order chi connectivity index (χ0) is 13.5. The van der Waals surface area contributed by atoms with Crippen LogP contribution in [-0.2, 0) is 0 Å². The molecular weight excluding hydrogens is 220 g/mol. The van der Waals surface area contributed by atoms with E-state index >= 15 is 0 Å². The quantitative estimate of drug-likeness (QED) is 0.795. The van der Waals surface area contributed by atoms with Crippen LogP contribution in [-0.4, -0.2) is 25.7 Å². The molecule has 1 unspecified atom stereocenters. The van der Waals surface area contributed by atoms with Crippen LogP contribution in [0.1, 0.15) is 33.3 Å². The van der Waals surface area contributed by atoms with Gasteiger partial charge in [-0.05, 0) is 44.0 Å². The van der Waals surface area contributed by atoms with E-state index in [1.165, 1.54) is 11.3 Å². The first-order chi connectivity index (χ1) is 8.52. The van der Waals surface area contributed by atoms with Crippen LogP contribution in [0.4, 0.5) is 5.69 Å². The van der Waals surface area contributed by atoms with Gasteiger partial charge in [-0.1, -0.05) is 32.9 Å². The molecule has 2 nitrogen and oxygen atoms in total. The molecule has 0 spiro atoms. The number of rotatable bonds is 7. The second kappa shape index (κ2) is 7.42. The first-order valence-corrected chi connectivity index (χ1v) is 7.08. The summed E-state index contributed by atoms with van der Waals surface area (Å²) in [5, 5.41) is 3.51. The second-order valence-corrected chi connectivity index (χ2v) is 5.55. The third-order valence-corrected chi connectivity index (χ3v) is 3.16. The average Bonchev–Trinajstić information content (AvgIpc) is 2.33. The van der Waals surface area contributed by atoms with E-state index in [4.69, 9.17) is 0 Å². The number of aryl methyl sites for hydroxylation is 1. The smallest absolute Gasteiger partial charge is 0.0368 e. The Kier molecular flexibility index (Phi) is 6.20. The van der Waals surface area contributed by atoms with Crippen LogP contribution < -0.4 is 10.2 Å². The fraction of sp³-hybridized carbons (Fsp3) is 0.625. The zero-order valence-electron chi connectivity index (χ0n) is 12.5. The van der Waals surface area contributed by atoms with Crippen LogP contribution in [0.3, 0.4) is 0 Å². The van der Waals surface area contributed by atoms with Gasteiger partial charge in [-0.15, -0.1) is 0 Å². The molecule has 0 aliphatic heterocycles. The lowest BCUT2D eigenvalue weighted by Gasteiger charge is -2.27. The molecule has 0 amide bonds. The van der Waals surface area contributed by atoms with Crippen molar-refractivity contribution in [2.45, 2.75) is 40.7 Å². The van der Waals surface area contributed by atoms with E-state index in [0.29, 0.717) is 12.0 Å². The number of hydrogen-bond acceptors (Lipinski definition) is 2. The van der Waals surface area contributed by atoms with Crippen LogP contribution in [0.15, 0.2) is 24.3 Å². The van der Waals surface area contributed by atoms with E-state index < -0.39 is 0 Å². The molecule has 0 saturated carbocycles. The van der Waals surface area contributed by atoms with Gasteiger partial charge < -0.3 is 10.2 Å². The fourth-order valence-electron chi connectivity index (χ4n) is 2.12. The summed E-state index contributed by atoms with van der Waals surface area (Å²) in [7, 11) is 0. The maximum atomic E-state index is 3.51. The highest BCUT2D eigenvalue weighted by molar-refractivity contribution is 5.48. The Morgan fingerprint density at radius 1 is 1.22 bits per heavy atom. The van der Waals surface area contributed by atoms with Crippen molar-refractivity contribution in [2.24, 2.45) is 5.92 Å². The van der Waals surface area contributed by atoms with Gasteiger partial charge in [-0.25, -0.2) is 0 Å². The SMILES string of the molecule is CCN(CC(C)CNC(C)C)c1cccc(C)c1. The monoisotopic (exact) mass is 248 g/mol. The Balaban J connectivity index is 2.56. The van der Waals surface area contributed by atoms with Crippen molar-refractivity contribution in [1.82, 2.24) is 5.32 Å². The number of nitrogens with one attached hydrogen (secondary N) is 1. The third-order valence-electron chi connectivity index (χ3n) is 3.16. The van der Waals surface area contributed by atoms with Crippen LogP contribution in [0.25, 0.3) is 0 Å². The summed E-state index contributed by atoms with van der Waals surface area (Å²) < 4.78 is 0. The minimum Gasteiger partial charge on any atom is -0.371 e. The molecule has 0 heterocycles. The van der Waals surface area contributed by atoms with E-state index in [2.05, 4.69) is 69.1 Å². The molecule has 0 saturated heterocycles. The molecule has 0 aliphatic carbocycles. The highest BCUT2D eigenvalue weighted by Gasteiger charge is 2.10. The maximum Gasteiger partial charge on any atom is 0.0368 e. The molecule has 1 aromatic rings. The summed E-state index contributed by atoms with van der Waals surface area (Å²) in [6.45, 7) is 14.4. The summed E-state index contributed by atoms with van der Waals surface area (Å²) >= 11 is 0. The number of hydrogen-bond donors (Lipinski definition) is 1. The van der Waals surface area contributed by atoms with Crippen molar-refractivity contribution >= 4 is 5.69 Å². The van der Waals surface area contributed by atoms with E-state index in [0.717, 1.165) is 19.6 Å². The fourth-order valence-corrected chi connectivity index (χ4v) is 2.12. The molecule has 1 N–H and O–H groups in total. The summed E-state index contributed by atoms with van der Waals surface area (Å²) in [5.74, 6) is 0.660. The van der Waals surface area contributed by atoms with Gasteiger partial charge in [0.25, 0.3) is 0 Å². The molecule has 1 atom stereocenters. The maximum absolute atomic E-state index is 3.51. The Morgan fingerprint density at radius 2 is 1.94 bits per heavy atom. The lowest BCUT2D eigenvalue weighted by atomic mass is 10.1. The highest BCUT2D eigenvalue weighted by atomic mass is 15.1. The minimum atomic E-state index is 0.571. The second-order valence-electron chi connectivity index (χ2n) is 5.55. The summed E-state index contributed by atoms with van der Waals surface area (Å²) in [6.07, 6.45) is 0. The lowest BCUT2D eigenvalue weighted by molar-refractivity contribution is 0.474. The minimum absolute atomic E-state index is 0.571. The van der Waals surface area contributed by atoms with E-state index in [1.54, 1.807) is 0 Å². The van der Waals surface area contributed by atoms with Gasteiger partial charge in [0, 0.05) is 24.8 Å². The molecule has 0 bridgehead atoms. The van der Waals surface area contributed by atoms with Crippen LogP contribution in [0.2, 0.25) is 0 Å². The topological polar surface area (TPSA) is 15.3 Å². The molecule has 0 fully saturated rings. The van der Waals surface area contributed by atoms with Gasteiger partial charge in [0.1, 0.15) is 0 Å². The first-order valence-electron chi connectivity index (χ1n) is 7.08. The van der Waals surface area contributed by atoms with Crippen molar-refractivity contribution in [3.8, 4) is 0 Å². The van der Waals surface area contributed by atoms with Gasteiger partial charge in [-0.2, -0.15) is 0 Å². The van der Waals surface area contributed by atoms with Crippen LogP contribution in [0, 0.1) is 12.8 Å². The number of anilines is 1. The predicted molar refractivity (Wildman–Crippen MR) is 81.4 cm³/mol. The number of benzene rings is 1. The Hall–Kier alpha value is -1.02. The van der Waals surface area contributed by atoms with Crippen molar-refractivity contribution in [3.05, 3.63) is 29.8 Å². The lowest BCUT2D eigenvalue weighted by Crippen LogP contribution is -2.35. The van der Waals surface area contributed by atoms with Crippen LogP contribution in [0.5, 0.6) is 0 Å². The van der Waals surface area contributed by atoms with Gasteiger partial charge in [-0.3, -0.25) is 0 Å². The molecule has 0 aromatic heterocycles. The highest BCUT2D eigenvalue weighted by Crippen LogP contribution is 2.17. The molecule has 2 heteroatoms. The van der Waals surface area contributed by atoms with E-state index in [-0.39, 0.29) is 0 Å². The van der Waals surface area contributed by atoms with Gasteiger partial charge >= 0.3 is 0 Å². The van der Waals surface area contributed by atoms with Crippen molar-refractivity contribution in [3.63, 3.8) is 0 Å². The summed E-state index contributed by atoms with van der Waals surface area (Å²) in [6, 6.07) is 9.35. The van der Waals surface area contributed by atoms with Gasteiger partial charge in [0.05, 0.1) is 0 Å². The molecular formula is C16H28N2. The van der Waals surface area contributed by atoms with E-state index in [9.17, 15) is 0 Å². The largest absolute Gasteiger partial charge is 0.371 e. The Labute approximate surface area is 112 Å². The van der Waals surface area contributed by atoms with Crippen molar-refractivity contribution in [2.75, 3.05) is 24.5 Å². The molecule has 1 rings (SSSR count). The first kappa shape index (κ1) is 15.0. The Morgan fingerprint density at radius 3 is 2.50 bits per heavy atom. The van der Waals surface area contributed by atoms with Crippen LogP contribution >= 0.6 is 0 Å². The predicted octanol–water partition coefficient (Wildman–Crippen LogP) is 3.46. The Bertz CT molecular complexity index is 347. The van der Waals surface area contributed by atoms with Gasteiger partial charge in [0.15, 0.2) is 0 Å². The summed E-state index contributed by atoms with van der Waals surface area (Å²) in [5.41, 5.74) is 2.67. The van der Waals surface area contributed by atoms with Gasteiger partial charge in [0.2, 0.25) is 0 Å². The third kappa shape index (κ3) is 5.09. The molecule has 1 aromatic carbocycles.